The van der Waals surface area contributed by atoms with Crippen molar-refractivity contribution < 1.29 is 0 Å². The van der Waals surface area contributed by atoms with Crippen LogP contribution in [-0.2, 0) is 13.6 Å². The van der Waals surface area contributed by atoms with Gasteiger partial charge in [0.15, 0.2) is 0 Å². The zero-order valence-corrected chi connectivity index (χ0v) is 14.2. The largest absolute Gasteiger partial charge is 0.327 e. The quantitative estimate of drug-likeness (QED) is 0.943. The third kappa shape index (κ3) is 3.86. The van der Waals surface area contributed by atoms with Crippen LogP contribution < -0.4 is 5.73 Å². The van der Waals surface area contributed by atoms with Gasteiger partial charge in [0.05, 0.1) is 6.20 Å². The maximum Gasteiger partial charge on any atom is 0.0576 e. The second kappa shape index (κ2) is 6.92. The van der Waals surface area contributed by atoms with Crippen LogP contribution in [0.1, 0.15) is 18.2 Å². The van der Waals surface area contributed by atoms with Crippen LogP contribution in [0.3, 0.4) is 0 Å². The number of hydrogen-bond acceptors (Lipinski definition) is 4. The average Bonchev–Trinajstić information content (AvgIpc) is 3.03. The molecule has 0 amide bonds. The molecule has 0 bridgehead atoms. The summed E-state index contributed by atoms with van der Waals surface area (Å²) in [5, 5.41) is 4.24. The molecule has 1 fully saturated rings. The number of aryl methyl sites for hydroxylation is 1. The van der Waals surface area contributed by atoms with Crippen molar-refractivity contribution in [1.82, 2.24) is 14.7 Å². The van der Waals surface area contributed by atoms with E-state index in [9.17, 15) is 0 Å². The Balaban J connectivity index is 0.00000161. The lowest BCUT2D eigenvalue weighted by Crippen LogP contribution is -2.45. The van der Waals surface area contributed by atoms with E-state index < -0.39 is 0 Å². The number of nitrogens with two attached hydrogens (primary N) is 1. The van der Waals surface area contributed by atoms with Gasteiger partial charge < -0.3 is 5.73 Å². The molecular weight excluding hydrogens is 304 g/mol. The Morgan fingerprint density at radius 3 is 2.90 bits per heavy atom. The Kier molecular flexibility index (Phi) is 5.43. The van der Waals surface area contributed by atoms with Crippen molar-refractivity contribution in [3.8, 4) is 10.4 Å². The van der Waals surface area contributed by atoms with Gasteiger partial charge >= 0.3 is 0 Å². The third-order valence-electron chi connectivity index (χ3n) is 4.09. The number of piperidine rings is 1. The number of nitrogens with zero attached hydrogens (tertiary/aromatic N) is 3. The molecule has 1 aliphatic rings. The summed E-state index contributed by atoms with van der Waals surface area (Å²) in [6.45, 7) is 5.53. The second-order valence-electron chi connectivity index (χ2n) is 5.83. The van der Waals surface area contributed by atoms with Crippen molar-refractivity contribution in [3.05, 3.63) is 29.4 Å². The van der Waals surface area contributed by atoms with Crippen molar-refractivity contribution in [3.63, 3.8) is 0 Å². The lowest BCUT2D eigenvalue weighted by molar-refractivity contribution is 0.159. The zero-order valence-electron chi connectivity index (χ0n) is 12.5. The molecule has 0 aromatic carbocycles. The highest BCUT2D eigenvalue weighted by Crippen LogP contribution is 2.29. The van der Waals surface area contributed by atoms with Crippen LogP contribution in [0.4, 0.5) is 0 Å². The van der Waals surface area contributed by atoms with Crippen LogP contribution in [0, 0.1) is 5.92 Å². The van der Waals surface area contributed by atoms with Gasteiger partial charge in [-0.05, 0) is 24.5 Å². The van der Waals surface area contributed by atoms with E-state index in [-0.39, 0.29) is 12.4 Å². The highest BCUT2D eigenvalue weighted by Gasteiger charge is 2.23. The standard InChI is InChI=1S/C15H22N4S.ClH/c1-11-8-19(6-5-14(11)16)10-13-3-4-15(20-13)12-7-17-18(2)9-12;/h3-4,7,9,11,14H,5-6,8,10,16H2,1-2H3;1H. The number of hydrogen-bond donors (Lipinski definition) is 1. The molecule has 1 saturated heterocycles. The van der Waals surface area contributed by atoms with Crippen LogP contribution in [0.2, 0.25) is 0 Å². The number of thiophene rings is 1. The lowest BCUT2D eigenvalue weighted by atomic mass is 9.95. The molecule has 3 rings (SSSR count). The third-order valence-corrected chi connectivity index (χ3v) is 5.21. The molecule has 1 aliphatic heterocycles. The van der Waals surface area contributed by atoms with Gasteiger partial charge in [0.2, 0.25) is 0 Å². The molecule has 2 atom stereocenters. The minimum atomic E-state index is 0. The van der Waals surface area contributed by atoms with Crippen LogP contribution >= 0.6 is 23.7 Å². The molecule has 0 saturated carbocycles. The van der Waals surface area contributed by atoms with Crippen molar-refractivity contribution in [1.29, 1.82) is 0 Å². The molecule has 0 radical (unpaired) electrons. The Bertz CT molecular complexity index is 580. The first-order valence-electron chi connectivity index (χ1n) is 7.17. The zero-order chi connectivity index (χ0) is 14.1. The van der Waals surface area contributed by atoms with E-state index in [4.69, 9.17) is 5.73 Å². The predicted octanol–water partition coefficient (Wildman–Crippen LogP) is 2.74. The fourth-order valence-electron chi connectivity index (χ4n) is 2.78. The molecule has 21 heavy (non-hydrogen) atoms. The van der Waals surface area contributed by atoms with Gasteiger partial charge in [-0.25, -0.2) is 0 Å². The first-order chi connectivity index (χ1) is 9.61. The molecule has 116 valence electrons. The Morgan fingerprint density at radius 1 is 1.43 bits per heavy atom. The summed E-state index contributed by atoms with van der Waals surface area (Å²) in [5.74, 6) is 0.599. The maximum absolute atomic E-state index is 6.08. The Hall–Kier alpha value is -0.880. The topological polar surface area (TPSA) is 47.1 Å². The Morgan fingerprint density at radius 2 is 2.24 bits per heavy atom. The van der Waals surface area contributed by atoms with E-state index in [1.807, 2.05) is 29.3 Å². The van der Waals surface area contributed by atoms with E-state index in [1.54, 1.807) is 0 Å². The number of halogens is 1. The van der Waals surface area contributed by atoms with Gasteiger partial charge in [-0.2, -0.15) is 5.10 Å². The number of rotatable bonds is 3. The molecular formula is C15H23ClN4S. The van der Waals surface area contributed by atoms with Crippen molar-refractivity contribution in [2.24, 2.45) is 18.7 Å². The van der Waals surface area contributed by atoms with Gasteiger partial charge in [0, 0.05) is 54.2 Å². The number of aromatic nitrogens is 2. The molecule has 0 spiro atoms. The summed E-state index contributed by atoms with van der Waals surface area (Å²) in [5.41, 5.74) is 7.29. The monoisotopic (exact) mass is 326 g/mol. The van der Waals surface area contributed by atoms with Crippen LogP contribution in [-0.4, -0.2) is 33.8 Å². The molecule has 6 heteroatoms. The normalized spacial score (nSPS) is 23.0. The summed E-state index contributed by atoms with van der Waals surface area (Å²) < 4.78 is 1.85. The van der Waals surface area contributed by atoms with Gasteiger partial charge in [-0.3, -0.25) is 9.58 Å². The van der Waals surface area contributed by atoms with E-state index in [1.165, 1.54) is 15.3 Å². The smallest absolute Gasteiger partial charge is 0.0576 e. The van der Waals surface area contributed by atoms with E-state index >= 15 is 0 Å². The van der Waals surface area contributed by atoms with Gasteiger partial charge in [-0.15, -0.1) is 23.7 Å². The summed E-state index contributed by atoms with van der Waals surface area (Å²) in [6, 6.07) is 4.82. The maximum atomic E-state index is 6.08. The predicted molar refractivity (Wildman–Crippen MR) is 90.8 cm³/mol. The van der Waals surface area contributed by atoms with Gasteiger partial charge in [0.25, 0.3) is 0 Å². The first-order valence-corrected chi connectivity index (χ1v) is 7.99. The van der Waals surface area contributed by atoms with Crippen molar-refractivity contribution in [2.75, 3.05) is 13.1 Å². The van der Waals surface area contributed by atoms with Crippen molar-refractivity contribution >= 4 is 23.7 Å². The Labute approximate surface area is 136 Å². The molecule has 2 aromatic heterocycles. The van der Waals surface area contributed by atoms with Crippen LogP contribution in [0.25, 0.3) is 10.4 Å². The average molecular weight is 327 g/mol. The van der Waals surface area contributed by atoms with E-state index in [2.05, 4.69) is 35.3 Å². The highest BCUT2D eigenvalue weighted by molar-refractivity contribution is 7.15. The fraction of sp³-hybridized carbons (Fsp3) is 0.533. The van der Waals surface area contributed by atoms with E-state index in [0.717, 1.165) is 26.1 Å². The second-order valence-corrected chi connectivity index (χ2v) is 7.00. The van der Waals surface area contributed by atoms with Crippen LogP contribution in [0.5, 0.6) is 0 Å². The van der Waals surface area contributed by atoms with Gasteiger partial charge in [0.1, 0.15) is 0 Å². The SMILES string of the molecule is CC1CN(Cc2ccc(-c3cnn(C)c3)s2)CCC1N.Cl. The van der Waals surface area contributed by atoms with Gasteiger partial charge in [-0.1, -0.05) is 6.92 Å². The molecule has 4 nitrogen and oxygen atoms in total. The molecule has 2 N–H and O–H groups in total. The summed E-state index contributed by atoms with van der Waals surface area (Å²) in [4.78, 5) is 5.24. The molecule has 0 aliphatic carbocycles. The van der Waals surface area contributed by atoms with Crippen molar-refractivity contribution in [2.45, 2.75) is 25.9 Å². The molecule has 3 heterocycles. The minimum Gasteiger partial charge on any atom is -0.327 e. The molecule has 2 aromatic rings. The van der Waals surface area contributed by atoms with Crippen LogP contribution in [0.15, 0.2) is 24.5 Å². The highest BCUT2D eigenvalue weighted by atomic mass is 35.5. The summed E-state index contributed by atoms with van der Waals surface area (Å²) in [7, 11) is 1.95. The van der Waals surface area contributed by atoms with E-state index in [0.29, 0.717) is 12.0 Å². The summed E-state index contributed by atoms with van der Waals surface area (Å²) >= 11 is 1.87. The first kappa shape index (κ1) is 16.5. The summed E-state index contributed by atoms with van der Waals surface area (Å²) in [6.07, 6.45) is 5.11. The number of likely N-dealkylation sites (tertiary alicyclic amines) is 1. The lowest BCUT2D eigenvalue weighted by Gasteiger charge is -2.34. The fourth-order valence-corrected chi connectivity index (χ4v) is 3.81. The molecule has 2 unspecified atom stereocenters. The minimum absolute atomic E-state index is 0.